The number of aromatic nitrogens is 3. The van der Waals surface area contributed by atoms with Gasteiger partial charge in [-0.05, 0) is 58.9 Å². The van der Waals surface area contributed by atoms with Crippen molar-refractivity contribution in [2.24, 2.45) is 5.41 Å². The van der Waals surface area contributed by atoms with Crippen molar-refractivity contribution in [3.8, 4) is 22.5 Å². The van der Waals surface area contributed by atoms with Gasteiger partial charge in [0.1, 0.15) is 0 Å². The standard InChI is InChI=1S/C24H25N2O.C11H8N.Ir/c1-15-10-11-18-17-8-7-9-19(21(17)27-22(18)26-15)20-14-16(12-13-25-20)24(5,6)23(2,3)4;1-2-6-10(7-3-1)11-8-4-5-9-12-11;/h7-8,10-14H,1-6H3;1-6,8-9H;/q2*-1;/i1D3;;. The molecule has 0 unspecified atom stereocenters. The van der Waals surface area contributed by atoms with Crippen LogP contribution in [-0.2, 0) is 25.5 Å². The second-order valence-electron chi connectivity index (χ2n) is 11.0. The maximum Gasteiger partial charge on any atom is 0.216 e. The van der Waals surface area contributed by atoms with Gasteiger partial charge in [-0.15, -0.1) is 54.1 Å². The van der Waals surface area contributed by atoms with Crippen molar-refractivity contribution < 1.29 is 28.6 Å². The first kappa shape index (κ1) is 25.3. The van der Waals surface area contributed by atoms with Crippen molar-refractivity contribution in [1.29, 1.82) is 0 Å². The Morgan fingerprint density at radius 3 is 2.27 bits per heavy atom. The van der Waals surface area contributed by atoms with E-state index in [9.17, 15) is 0 Å². The van der Waals surface area contributed by atoms with Crippen molar-refractivity contribution in [3.05, 3.63) is 115 Å². The second-order valence-corrected chi connectivity index (χ2v) is 11.0. The van der Waals surface area contributed by atoms with Crippen LogP contribution in [0.15, 0.2) is 95.7 Å². The van der Waals surface area contributed by atoms with Gasteiger partial charge in [-0.25, -0.2) is 4.98 Å². The van der Waals surface area contributed by atoms with E-state index in [-0.39, 0.29) is 36.6 Å². The molecule has 0 aliphatic carbocycles. The Morgan fingerprint density at radius 2 is 1.57 bits per heavy atom. The number of hydrogen-bond acceptors (Lipinski definition) is 4. The molecule has 6 rings (SSSR count). The fourth-order valence-corrected chi connectivity index (χ4v) is 4.28. The zero-order valence-corrected chi connectivity index (χ0v) is 25.6. The molecule has 0 aliphatic rings. The Hall–Kier alpha value is -3.66. The largest absolute Gasteiger partial charge is 0.486 e. The molecule has 0 amide bonds. The number of furan rings is 1. The summed E-state index contributed by atoms with van der Waals surface area (Å²) in [4.78, 5) is 13.0. The quantitative estimate of drug-likeness (QED) is 0.173. The van der Waals surface area contributed by atoms with Gasteiger partial charge in [-0.1, -0.05) is 63.8 Å². The summed E-state index contributed by atoms with van der Waals surface area (Å²) in [5.41, 5.74) is 5.65. The Morgan fingerprint density at radius 1 is 0.775 bits per heavy atom. The Labute approximate surface area is 254 Å². The third-order valence-corrected chi connectivity index (χ3v) is 7.56. The molecule has 0 saturated heterocycles. The van der Waals surface area contributed by atoms with E-state index < -0.39 is 6.85 Å². The summed E-state index contributed by atoms with van der Waals surface area (Å²) in [6.07, 6.45) is 3.61. The first-order valence-electron chi connectivity index (χ1n) is 14.5. The minimum absolute atomic E-state index is 0. The van der Waals surface area contributed by atoms with E-state index in [1.807, 2.05) is 60.8 Å². The summed E-state index contributed by atoms with van der Waals surface area (Å²) < 4.78 is 28.8. The van der Waals surface area contributed by atoms with Crippen LogP contribution in [0.25, 0.3) is 44.6 Å². The summed E-state index contributed by atoms with van der Waals surface area (Å²) in [6, 6.07) is 31.3. The van der Waals surface area contributed by atoms with Gasteiger partial charge in [-0.3, -0.25) is 0 Å². The van der Waals surface area contributed by atoms with Gasteiger partial charge in [0, 0.05) is 47.7 Å². The van der Waals surface area contributed by atoms with Gasteiger partial charge in [0.2, 0.25) is 5.71 Å². The van der Waals surface area contributed by atoms with Crippen molar-refractivity contribution >= 4 is 22.1 Å². The van der Waals surface area contributed by atoms with E-state index in [1.165, 1.54) is 11.6 Å². The average molecular weight is 707 g/mol. The number of hydrogen-bond donors (Lipinski definition) is 0. The molecule has 0 aliphatic heterocycles. The molecule has 1 radical (unpaired) electrons. The van der Waals surface area contributed by atoms with Gasteiger partial charge >= 0.3 is 0 Å². The molecule has 2 aromatic carbocycles. The smallest absolute Gasteiger partial charge is 0.216 e. The number of pyridine rings is 3. The molecule has 4 nitrogen and oxygen atoms in total. The van der Waals surface area contributed by atoms with Gasteiger partial charge in [0.05, 0.1) is 5.58 Å². The van der Waals surface area contributed by atoms with E-state index in [0.29, 0.717) is 11.3 Å². The number of aryl methyl sites for hydroxylation is 1. The summed E-state index contributed by atoms with van der Waals surface area (Å²) in [5.74, 6) is 0. The van der Waals surface area contributed by atoms with E-state index in [1.54, 1.807) is 12.3 Å². The molecule has 40 heavy (non-hydrogen) atoms. The first-order chi connectivity index (χ1) is 19.9. The van der Waals surface area contributed by atoms with Crippen molar-refractivity contribution in [3.63, 3.8) is 0 Å². The molecule has 0 bridgehead atoms. The molecule has 0 fully saturated rings. The topological polar surface area (TPSA) is 51.8 Å². The number of fused-ring (bicyclic) bond motifs is 3. The maximum absolute atomic E-state index is 7.60. The van der Waals surface area contributed by atoms with E-state index >= 15 is 0 Å². The number of benzene rings is 2. The Kier molecular flexibility index (Phi) is 7.49. The van der Waals surface area contributed by atoms with Gasteiger partial charge in [-0.2, -0.15) is 0 Å². The molecule has 4 heterocycles. The van der Waals surface area contributed by atoms with Crippen LogP contribution in [0.4, 0.5) is 0 Å². The monoisotopic (exact) mass is 707 g/mol. The SMILES string of the molecule is [2H]C([2H])([2H])c1ccc2c(n1)oc1c(-c3cc(C(C)(C)C(C)(C)C)ccn3)[c-]ccc12.[Ir].[c-]1ccccc1-c1ccccn1. The van der Waals surface area contributed by atoms with Crippen LogP contribution in [0.5, 0.6) is 0 Å². The molecule has 0 spiro atoms. The van der Waals surface area contributed by atoms with Crippen LogP contribution in [0.3, 0.4) is 0 Å². The van der Waals surface area contributed by atoms with Crippen molar-refractivity contribution in [2.75, 3.05) is 0 Å². The van der Waals surface area contributed by atoms with Crippen LogP contribution in [-0.4, -0.2) is 15.0 Å². The normalized spacial score (nSPS) is 13.0. The van der Waals surface area contributed by atoms with E-state index in [2.05, 4.69) is 73.8 Å². The molecule has 6 aromatic rings. The van der Waals surface area contributed by atoms with Crippen LogP contribution in [0, 0.1) is 24.4 Å². The molecule has 205 valence electrons. The van der Waals surface area contributed by atoms with Crippen molar-refractivity contribution in [2.45, 2.75) is 46.9 Å². The third kappa shape index (κ3) is 5.91. The zero-order chi connectivity index (χ0) is 30.1. The van der Waals surface area contributed by atoms with Crippen LogP contribution >= 0.6 is 0 Å². The summed E-state index contributed by atoms with van der Waals surface area (Å²) in [5, 5.41) is 1.64. The fraction of sp³-hybridized carbons (Fsp3) is 0.229. The Bertz CT molecular complexity index is 1790. The van der Waals surface area contributed by atoms with Gasteiger partial charge in [0.15, 0.2) is 0 Å². The predicted molar refractivity (Wildman–Crippen MR) is 159 cm³/mol. The molecule has 0 saturated carbocycles. The summed E-state index contributed by atoms with van der Waals surface area (Å²) in [7, 11) is 0. The average Bonchev–Trinajstić information content (AvgIpc) is 3.36. The van der Waals surface area contributed by atoms with Crippen LogP contribution in [0.1, 0.15) is 50.0 Å². The van der Waals surface area contributed by atoms with Crippen LogP contribution in [0.2, 0.25) is 0 Å². The molecule has 4 aromatic heterocycles. The second kappa shape index (κ2) is 11.8. The Balaban J connectivity index is 0.000000272. The van der Waals surface area contributed by atoms with E-state index in [0.717, 1.165) is 33.3 Å². The zero-order valence-electron chi connectivity index (χ0n) is 26.2. The molecular formula is C35H33IrN3O-2. The third-order valence-electron chi connectivity index (χ3n) is 7.56. The molecule has 0 N–H and O–H groups in total. The molecular weight excluding hydrogens is 671 g/mol. The number of rotatable bonds is 3. The van der Waals surface area contributed by atoms with Crippen molar-refractivity contribution in [1.82, 2.24) is 15.0 Å². The summed E-state index contributed by atoms with van der Waals surface area (Å²) in [6.45, 7) is 8.88. The maximum atomic E-state index is 7.60. The van der Waals surface area contributed by atoms with E-state index in [4.69, 9.17) is 8.53 Å². The molecule has 5 heteroatoms. The molecule has 0 atom stereocenters. The van der Waals surface area contributed by atoms with Crippen LogP contribution < -0.4 is 0 Å². The fourth-order valence-electron chi connectivity index (χ4n) is 4.28. The summed E-state index contributed by atoms with van der Waals surface area (Å²) >= 11 is 0. The minimum Gasteiger partial charge on any atom is -0.486 e. The predicted octanol–water partition coefficient (Wildman–Crippen LogP) is 9.02. The first-order valence-corrected chi connectivity index (χ1v) is 13.0. The number of nitrogens with zero attached hydrogens (tertiary/aromatic N) is 3. The van der Waals surface area contributed by atoms with Gasteiger partial charge < -0.3 is 14.4 Å². The van der Waals surface area contributed by atoms with Gasteiger partial charge in [0.25, 0.3) is 0 Å². The minimum atomic E-state index is -2.28.